The number of aliphatic hydroxyl groups is 1. The lowest BCUT2D eigenvalue weighted by atomic mass is 10.0. The van der Waals surface area contributed by atoms with E-state index >= 15 is 0 Å². The van der Waals surface area contributed by atoms with Crippen LogP contribution >= 0.6 is 0 Å². The lowest BCUT2D eigenvalue weighted by Gasteiger charge is -2.06. The molecule has 1 atom stereocenters. The minimum atomic E-state index is 0.358. The van der Waals surface area contributed by atoms with Crippen molar-refractivity contribution >= 4 is 0 Å². The van der Waals surface area contributed by atoms with Gasteiger partial charge in [-0.3, -0.25) is 0 Å². The Kier molecular flexibility index (Phi) is 14.5. The molecule has 0 spiro atoms. The van der Waals surface area contributed by atoms with Gasteiger partial charge in [-0.25, -0.2) is 0 Å². The summed E-state index contributed by atoms with van der Waals surface area (Å²) in [5.74, 6) is 0.910. The van der Waals surface area contributed by atoms with Crippen LogP contribution in [-0.4, -0.2) is 11.7 Å². The van der Waals surface area contributed by atoms with Crippen LogP contribution in [0.5, 0.6) is 0 Å². The van der Waals surface area contributed by atoms with Gasteiger partial charge in [0, 0.05) is 6.61 Å². The molecular weight excluding hydrogens is 220 g/mol. The number of allylic oxidation sites excluding steroid dienone is 2. The molecule has 0 aliphatic rings. The summed E-state index contributed by atoms with van der Waals surface area (Å²) < 4.78 is 0. The topological polar surface area (TPSA) is 20.2 Å². The van der Waals surface area contributed by atoms with Crippen molar-refractivity contribution in [1.82, 2.24) is 0 Å². The molecule has 0 aliphatic heterocycles. The Morgan fingerprint density at radius 1 is 0.833 bits per heavy atom. The molecule has 1 heteroatoms. The van der Waals surface area contributed by atoms with E-state index in [1.807, 2.05) is 0 Å². The molecule has 0 aromatic rings. The van der Waals surface area contributed by atoms with Gasteiger partial charge < -0.3 is 5.11 Å². The second kappa shape index (κ2) is 14.8. The highest BCUT2D eigenvalue weighted by Gasteiger charge is 1.96. The van der Waals surface area contributed by atoms with Crippen LogP contribution in [0.2, 0.25) is 0 Å². The van der Waals surface area contributed by atoms with Crippen LogP contribution in [0.25, 0.3) is 0 Å². The highest BCUT2D eigenvalue weighted by atomic mass is 16.2. The monoisotopic (exact) mass is 254 g/mol. The summed E-state index contributed by atoms with van der Waals surface area (Å²) in [4.78, 5) is 0. The summed E-state index contributed by atoms with van der Waals surface area (Å²) in [7, 11) is 0. The lowest BCUT2D eigenvalue weighted by Crippen LogP contribution is -1.90. The summed E-state index contributed by atoms with van der Waals surface area (Å²) in [6.07, 6.45) is 18.8. The maximum Gasteiger partial charge on any atom is 0.0431 e. The highest BCUT2D eigenvalue weighted by molar-refractivity contribution is 4.81. The number of unbranched alkanes of at least 4 members (excludes halogenated alkanes) is 7. The van der Waals surface area contributed by atoms with Gasteiger partial charge in [-0.1, -0.05) is 64.5 Å². The quantitative estimate of drug-likeness (QED) is 0.341. The summed E-state index contributed by atoms with van der Waals surface area (Å²) in [5.41, 5.74) is 0. The van der Waals surface area contributed by atoms with Gasteiger partial charge in [-0.15, -0.1) is 0 Å². The molecule has 0 bridgehead atoms. The van der Waals surface area contributed by atoms with E-state index in [0.717, 1.165) is 12.3 Å². The minimum Gasteiger partial charge on any atom is -0.396 e. The zero-order chi connectivity index (χ0) is 13.5. The van der Waals surface area contributed by atoms with Crippen molar-refractivity contribution in [3.05, 3.63) is 12.2 Å². The fourth-order valence-corrected chi connectivity index (χ4v) is 2.10. The van der Waals surface area contributed by atoms with Gasteiger partial charge in [0.25, 0.3) is 0 Å². The van der Waals surface area contributed by atoms with Crippen molar-refractivity contribution in [2.45, 2.75) is 84.5 Å². The first kappa shape index (κ1) is 17.7. The second-order valence-electron chi connectivity index (χ2n) is 5.55. The minimum absolute atomic E-state index is 0.358. The molecule has 0 amide bonds. The van der Waals surface area contributed by atoms with Gasteiger partial charge in [-0.2, -0.15) is 0 Å². The number of hydrogen-bond acceptors (Lipinski definition) is 1. The fraction of sp³-hybridized carbons (Fsp3) is 0.882. The molecule has 1 unspecified atom stereocenters. The summed E-state index contributed by atoms with van der Waals surface area (Å²) in [6, 6.07) is 0. The Balaban J connectivity index is 3.09. The Bertz CT molecular complexity index is 174. The van der Waals surface area contributed by atoms with Crippen molar-refractivity contribution < 1.29 is 5.11 Å². The molecule has 0 aromatic carbocycles. The summed E-state index contributed by atoms with van der Waals surface area (Å²) in [5, 5.41) is 8.65. The largest absolute Gasteiger partial charge is 0.396 e. The Labute approximate surface area is 115 Å². The molecule has 1 nitrogen and oxygen atoms in total. The van der Waals surface area contributed by atoms with Gasteiger partial charge in [0.2, 0.25) is 0 Å². The molecule has 0 heterocycles. The molecule has 0 saturated carbocycles. The van der Waals surface area contributed by atoms with E-state index in [2.05, 4.69) is 26.0 Å². The molecular formula is C17H34O. The number of rotatable bonds is 13. The van der Waals surface area contributed by atoms with Crippen molar-refractivity contribution in [3.63, 3.8) is 0 Å². The smallest absolute Gasteiger partial charge is 0.0431 e. The van der Waals surface area contributed by atoms with Gasteiger partial charge in [-0.05, 0) is 38.0 Å². The highest BCUT2D eigenvalue weighted by Crippen LogP contribution is 2.12. The van der Waals surface area contributed by atoms with Gasteiger partial charge >= 0.3 is 0 Å². The van der Waals surface area contributed by atoms with E-state index in [-0.39, 0.29) is 0 Å². The van der Waals surface area contributed by atoms with Crippen LogP contribution in [0.3, 0.4) is 0 Å². The van der Waals surface area contributed by atoms with Crippen molar-refractivity contribution in [2.24, 2.45) is 5.92 Å². The third-order valence-electron chi connectivity index (χ3n) is 3.71. The maximum absolute atomic E-state index is 8.65. The standard InChI is InChI=1S/C17H34O/c1-3-17(2)15-13-11-9-7-5-4-6-8-10-12-14-16-18/h5,7,17-18H,3-4,6,8-16H2,1-2H3. The molecule has 0 aromatic heterocycles. The van der Waals surface area contributed by atoms with E-state index in [0.29, 0.717) is 6.61 Å². The predicted molar refractivity (Wildman–Crippen MR) is 81.9 cm³/mol. The summed E-state index contributed by atoms with van der Waals surface area (Å²) >= 11 is 0. The predicted octanol–water partition coefficient (Wildman–Crippen LogP) is 5.48. The molecule has 0 rings (SSSR count). The zero-order valence-electron chi connectivity index (χ0n) is 12.7. The third kappa shape index (κ3) is 13.8. The third-order valence-corrected chi connectivity index (χ3v) is 3.71. The molecule has 1 N–H and O–H groups in total. The van der Waals surface area contributed by atoms with Crippen LogP contribution in [0.4, 0.5) is 0 Å². The van der Waals surface area contributed by atoms with E-state index in [4.69, 9.17) is 5.11 Å². The van der Waals surface area contributed by atoms with Crippen LogP contribution in [0.15, 0.2) is 12.2 Å². The van der Waals surface area contributed by atoms with Crippen LogP contribution in [0.1, 0.15) is 84.5 Å². The SMILES string of the molecule is CCC(C)CCCCC=CCCCCCCCO. The number of hydrogen-bond donors (Lipinski definition) is 1. The first-order valence-corrected chi connectivity index (χ1v) is 8.07. The molecule has 0 radical (unpaired) electrons. The van der Waals surface area contributed by atoms with Crippen LogP contribution < -0.4 is 0 Å². The molecule has 0 fully saturated rings. The number of aliphatic hydroxyl groups excluding tert-OH is 1. The van der Waals surface area contributed by atoms with Crippen LogP contribution in [-0.2, 0) is 0 Å². The Hall–Kier alpha value is -0.300. The normalized spacial score (nSPS) is 13.3. The first-order chi connectivity index (χ1) is 8.81. The lowest BCUT2D eigenvalue weighted by molar-refractivity contribution is 0.282. The molecule has 0 aliphatic carbocycles. The van der Waals surface area contributed by atoms with Gasteiger partial charge in [0.05, 0.1) is 0 Å². The fourth-order valence-electron chi connectivity index (χ4n) is 2.10. The van der Waals surface area contributed by atoms with Crippen molar-refractivity contribution in [1.29, 1.82) is 0 Å². The second-order valence-corrected chi connectivity index (χ2v) is 5.55. The molecule has 108 valence electrons. The Morgan fingerprint density at radius 2 is 1.39 bits per heavy atom. The first-order valence-electron chi connectivity index (χ1n) is 8.07. The molecule has 18 heavy (non-hydrogen) atoms. The van der Waals surface area contributed by atoms with Crippen molar-refractivity contribution in [2.75, 3.05) is 6.61 Å². The van der Waals surface area contributed by atoms with E-state index in [1.165, 1.54) is 64.2 Å². The van der Waals surface area contributed by atoms with Crippen LogP contribution in [0, 0.1) is 5.92 Å². The zero-order valence-corrected chi connectivity index (χ0v) is 12.7. The van der Waals surface area contributed by atoms with E-state index in [9.17, 15) is 0 Å². The molecule has 0 saturated heterocycles. The van der Waals surface area contributed by atoms with Gasteiger partial charge in [0.1, 0.15) is 0 Å². The Morgan fingerprint density at radius 3 is 2.00 bits per heavy atom. The van der Waals surface area contributed by atoms with Crippen molar-refractivity contribution in [3.8, 4) is 0 Å². The maximum atomic E-state index is 8.65. The average Bonchev–Trinajstić information content (AvgIpc) is 2.39. The van der Waals surface area contributed by atoms with Gasteiger partial charge in [0.15, 0.2) is 0 Å². The average molecular weight is 254 g/mol. The van der Waals surface area contributed by atoms with E-state index < -0.39 is 0 Å². The van der Waals surface area contributed by atoms with E-state index in [1.54, 1.807) is 0 Å². The summed E-state index contributed by atoms with van der Waals surface area (Å²) in [6.45, 7) is 4.99.